The van der Waals surface area contributed by atoms with Gasteiger partial charge >= 0.3 is 5.97 Å². The first-order valence-corrected chi connectivity index (χ1v) is 5.79. The van der Waals surface area contributed by atoms with Crippen molar-refractivity contribution in [3.8, 4) is 0 Å². The third-order valence-electron chi connectivity index (χ3n) is 3.13. The van der Waals surface area contributed by atoms with Crippen LogP contribution in [-0.2, 0) is 9.53 Å². The fraction of sp³-hybridized carbons (Fsp3) is 0.769. The minimum absolute atomic E-state index is 0.176. The van der Waals surface area contributed by atoms with Crippen LogP contribution in [0.5, 0.6) is 0 Å². The maximum absolute atomic E-state index is 11.4. The standard InChI is InChI=1S/C13H22O3/c1-8-6-9(2)12(15)16-10(8)7-11(14)13(3,4)5/h6,8,10-11,14H,7H2,1-5H3/t8-,10?,11+/m1/s1. The molecule has 0 saturated carbocycles. The molecule has 1 N–H and O–H groups in total. The molecular formula is C13H22O3. The van der Waals surface area contributed by atoms with Crippen LogP contribution in [-0.4, -0.2) is 23.3 Å². The smallest absolute Gasteiger partial charge is 0.333 e. The Balaban J connectivity index is 2.67. The Bertz CT molecular complexity index is 299. The lowest BCUT2D eigenvalue weighted by atomic mass is 9.83. The van der Waals surface area contributed by atoms with Gasteiger partial charge in [-0.2, -0.15) is 0 Å². The number of esters is 1. The largest absolute Gasteiger partial charge is 0.458 e. The molecule has 0 aromatic heterocycles. The average molecular weight is 226 g/mol. The summed E-state index contributed by atoms with van der Waals surface area (Å²) in [5, 5.41) is 10.00. The van der Waals surface area contributed by atoms with E-state index in [9.17, 15) is 9.90 Å². The Hall–Kier alpha value is -0.830. The molecule has 16 heavy (non-hydrogen) atoms. The highest BCUT2D eigenvalue weighted by atomic mass is 16.5. The van der Waals surface area contributed by atoms with E-state index in [0.29, 0.717) is 12.0 Å². The Kier molecular flexibility index (Phi) is 3.79. The van der Waals surface area contributed by atoms with Crippen molar-refractivity contribution in [1.29, 1.82) is 0 Å². The molecule has 1 aliphatic heterocycles. The van der Waals surface area contributed by atoms with Gasteiger partial charge in [0.2, 0.25) is 0 Å². The van der Waals surface area contributed by atoms with Crippen molar-refractivity contribution in [3.05, 3.63) is 11.6 Å². The zero-order chi connectivity index (χ0) is 12.5. The summed E-state index contributed by atoms with van der Waals surface area (Å²) in [6.45, 7) is 9.71. The van der Waals surface area contributed by atoms with Crippen LogP contribution >= 0.6 is 0 Å². The summed E-state index contributed by atoms with van der Waals surface area (Å²) < 4.78 is 5.31. The minimum atomic E-state index is -0.459. The molecule has 0 saturated heterocycles. The van der Waals surface area contributed by atoms with Crippen LogP contribution in [0.3, 0.4) is 0 Å². The summed E-state index contributed by atoms with van der Waals surface area (Å²) in [5.41, 5.74) is 0.483. The SMILES string of the molecule is CC1=C[C@@H](C)C(C[C@H](O)C(C)(C)C)OC1=O. The molecular weight excluding hydrogens is 204 g/mol. The fourth-order valence-electron chi connectivity index (χ4n) is 1.74. The molecule has 3 atom stereocenters. The van der Waals surface area contributed by atoms with E-state index in [1.54, 1.807) is 6.92 Å². The molecule has 0 aromatic carbocycles. The Morgan fingerprint density at radius 1 is 1.50 bits per heavy atom. The van der Waals surface area contributed by atoms with Gasteiger partial charge in [0.25, 0.3) is 0 Å². The van der Waals surface area contributed by atoms with Crippen LogP contribution < -0.4 is 0 Å². The fourth-order valence-corrected chi connectivity index (χ4v) is 1.74. The van der Waals surface area contributed by atoms with Gasteiger partial charge in [-0.25, -0.2) is 4.79 Å². The second-order valence-corrected chi connectivity index (χ2v) is 5.77. The van der Waals surface area contributed by atoms with Crippen LogP contribution in [0.2, 0.25) is 0 Å². The van der Waals surface area contributed by atoms with Crippen molar-refractivity contribution in [1.82, 2.24) is 0 Å². The van der Waals surface area contributed by atoms with E-state index in [4.69, 9.17) is 4.74 Å². The Morgan fingerprint density at radius 3 is 2.56 bits per heavy atom. The normalized spacial score (nSPS) is 28.4. The van der Waals surface area contributed by atoms with Crippen molar-refractivity contribution in [2.45, 2.75) is 53.2 Å². The molecule has 0 radical (unpaired) electrons. The number of ether oxygens (including phenoxy) is 1. The van der Waals surface area contributed by atoms with Gasteiger partial charge in [-0.3, -0.25) is 0 Å². The van der Waals surface area contributed by atoms with Crippen molar-refractivity contribution < 1.29 is 14.6 Å². The van der Waals surface area contributed by atoms with Crippen LogP contribution in [0.15, 0.2) is 11.6 Å². The van der Waals surface area contributed by atoms with Gasteiger partial charge in [0.1, 0.15) is 6.10 Å². The summed E-state index contributed by atoms with van der Waals surface area (Å²) in [5.74, 6) is -0.0843. The predicted octanol–water partition coefficient (Wildman–Crippen LogP) is 2.29. The molecule has 0 amide bonds. The van der Waals surface area contributed by atoms with Gasteiger partial charge in [0.05, 0.1) is 6.10 Å². The highest BCUT2D eigenvalue weighted by Crippen LogP contribution is 2.29. The number of rotatable bonds is 2. The number of carbonyl (C=O) groups excluding carboxylic acids is 1. The molecule has 0 aliphatic carbocycles. The van der Waals surface area contributed by atoms with Crippen LogP contribution in [0.1, 0.15) is 41.0 Å². The zero-order valence-electron chi connectivity index (χ0n) is 10.8. The second kappa shape index (κ2) is 4.58. The molecule has 3 nitrogen and oxygen atoms in total. The second-order valence-electron chi connectivity index (χ2n) is 5.77. The van der Waals surface area contributed by atoms with Crippen LogP contribution in [0, 0.1) is 11.3 Å². The molecule has 1 aliphatic rings. The molecule has 3 heteroatoms. The zero-order valence-corrected chi connectivity index (χ0v) is 10.8. The molecule has 0 fully saturated rings. The van der Waals surface area contributed by atoms with E-state index in [1.165, 1.54) is 0 Å². The first-order valence-electron chi connectivity index (χ1n) is 5.79. The van der Waals surface area contributed by atoms with E-state index in [2.05, 4.69) is 0 Å². The van der Waals surface area contributed by atoms with Crippen molar-refractivity contribution in [2.24, 2.45) is 11.3 Å². The number of hydrogen-bond donors (Lipinski definition) is 1. The van der Waals surface area contributed by atoms with Crippen molar-refractivity contribution >= 4 is 5.97 Å². The van der Waals surface area contributed by atoms with E-state index in [1.807, 2.05) is 33.8 Å². The van der Waals surface area contributed by atoms with E-state index in [-0.39, 0.29) is 23.4 Å². The highest BCUT2D eigenvalue weighted by molar-refractivity contribution is 5.88. The number of hydrogen-bond acceptors (Lipinski definition) is 3. The molecule has 0 bridgehead atoms. The monoisotopic (exact) mass is 226 g/mol. The maximum atomic E-state index is 11.4. The first-order chi connectivity index (χ1) is 7.21. The molecule has 0 spiro atoms. The first kappa shape index (κ1) is 13.2. The van der Waals surface area contributed by atoms with E-state index >= 15 is 0 Å². The van der Waals surface area contributed by atoms with Gasteiger partial charge in [-0.05, 0) is 12.3 Å². The summed E-state index contributed by atoms with van der Waals surface area (Å²) >= 11 is 0. The van der Waals surface area contributed by atoms with Gasteiger partial charge in [0.15, 0.2) is 0 Å². The molecule has 92 valence electrons. The number of cyclic esters (lactones) is 1. The van der Waals surface area contributed by atoms with Gasteiger partial charge in [-0.15, -0.1) is 0 Å². The molecule has 1 unspecified atom stereocenters. The van der Waals surface area contributed by atoms with E-state index < -0.39 is 6.10 Å². The summed E-state index contributed by atoms with van der Waals surface area (Å²) in [4.78, 5) is 11.4. The third-order valence-corrected chi connectivity index (χ3v) is 3.13. The lowest BCUT2D eigenvalue weighted by Gasteiger charge is -2.33. The average Bonchev–Trinajstić information content (AvgIpc) is 2.12. The molecule has 1 rings (SSSR count). The van der Waals surface area contributed by atoms with Gasteiger partial charge in [0, 0.05) is 17.9 Å². The predicted molar refractivity (Wildman–Crippen MR) is 62.9 cm³/mol. The summed E-state index contributed by atoms with van der Waals surface area (Å²) in [7, 11) is 0. The number of aliphatic hydroxyl groups excluding tert-OH is 1. The maximum Gasteiger partial charge on any atom is 0.333 e. The van der Waals surface area contributed by atoms with Crippen LogP contribution in [0.4, 0.5) is 0 Å². The van der Waals surface area contributed by atoms with Gasteiger partial charge < -0.3 is 9.84 Å². The third kappa shape index (κ3) is 3.08. The highest BCUT2D eigenvalue weighted by Gasteiger charge is 2.32. The Labute approximate surface area is 97.5 Å². The summed E-state index contributed by atoms with van der Waals surface area (Å²) in [6.07, 6.45) is 1.76. The quantitative estimate of drug-likeness (QED) is 0.735. The Morgan fingerprint density at radius 2 is 2.06 bits per heavy atom. The molecule has 1 heterocycles. The van der Waals surface area contributed by atoms with E-state index in [0.717, 1.165) is 0 Å². The molecule has 0 aromatic rings. The minimum Gasteiger partial charge on any atom is -0.458 e. The lowest BCUT2D eigenvalue weighted by molar-refractivity contribution is -0.150. The summed E-state index contributed by atoms with van der Waals surface area (Å²) in [6, 6.07) is 0. The topological polar surface area (TPSA) is 46.5 Å². The number of carbonyl (C=O) groups is 1. The van der Waals surface area contributed by atoms with Crippen molar-refractivity contribution in [2.75, 3.05) is 0 Å². The lowest BCUT2D eigenvalue weighted by Crippen LogP contribution is -2.37. The van der Waals surface area contributed by atoms with Gasteiger partial charge in [-0.1, -0.05) is 33.8 Å². The van der Waals surface area contributed by atoms with Crippen LogP contribution in [0.25, 0.3) is 0 Å². The number of aliphatic hydroxyl groups is 1. The van der Waals surface area contributed by atoms with Crippen molar-refractivity contribution in [3.63, 3.8) is 0 Å².